The SMILES string of the molecule is COCCc1noc(C(C)Nc2nc(N)ncc2C)n1. The van der Waals surface area contributed by atoms with Crippen LogP contribution in [0, 0.1) is 6.92 Å². The molecule has 0 spiro atoms. The number of aromatic nitrogens is 4. The first kappa shape index (κ1) is 14.2. The first-order valence-electron chi connectivity index (χ1n) is 6.27. The van der Waals surface area contributed by atoms with Gasteiger partial charge in [-0.05, 0) is 13.8 Å². The molecule has 20 heavy (non-hydrogen) atoms. The number of nitrogens with two attached hydrogens (primary N) is 1. The largest absolute Gasteiger partial charge is 0.384 e. The van der Waals surface area contributed by atoms with Crippen LogP contribution in [0.5, 0.6) is 0 Å². The van der Waals surface area contributed by atoms with E-state index in [0.29, 0.717) is 30.6 Å². The minimum absolute atomic E-state index is 0.174. The molecular formula is C12H18N6O2. The van der Waals surface area contributed by atoms with Crippen molar-refractivity contribution >= 4 is 11.8 Å². The molecule has 1 unspecified atom stereocenters. The van der Waals surface area contributed by atoms with Crippen molar-refractivity contribution < 1.29 is 9.26 Å². The molecule has 0 amide bonds. The fourth-order valence-electron chi connectivity index (χ4n) is 1.61. The van der Waals surface area contributed by atoms with Crippen LogP contribution in [0.2, 0.25) is 0 Å². The lowest BCUT2D eigenvalue weighted by Crippen LogP contribution is -2.11. The lowest BCUT2D eigenvalue weighted by atomic mass is 10.3. The summed E-state index contributed by atoms with van der Waals surface area (Å²) in [6.45, 7) is 4.36. The van der Waals surface area contributed by atoms with E-state index in [4.69, 9.17) is 15.0 Å². The Morgan fingerprint density at radius 3 is 3.00 bits per heavy atom. The van der Waals surface area contributed by atoms with Gasteiger partial charge in [-0.3, -0.25) is 0 Å². The molecule has 0 bridgehead atoms. The van der Waals surface area contributed by atoms with Crippen molar-refractivity contribution in [1.29, 1.82) is 0 Å². The topological polar surface area (TPSA) is 112 Å². The number of nitrogens with one attached hydrogen (secondary N) is 1. The van der Waals surface area contributed by atoms with Gasteiger partial charge in [-0.15, -0.1) is 0 Å². The normalized spacial score (nSPS) is 12.3. The Kier molecular flexibility index (Phi) is 4.46. The van der Waals surface area contributed by atoms with E-state index in [1.54, 1.807) is 13.3 Å². The van der Waals surface area contributed by atoms with Gasteiger partial charge in [0.2, 0.25) is 11.8 Å². The second-order valence-electron chi connectivity index (χ2n) is 4.42. The van der Waals surface area contributed by atoms with Gasteiger partial charge in [0, 0.05) is 25.3 Å². The van der Waals surface area contributed by atoms with Crippen molar-refractivity contribution in [2.24, 2.45) is 0 Å². The third-order valence-electron chi connectivity index (χ3n) is 2.73. The number of nitrogens with zero attached hydrogens (tertiary/aromatic N) is 4. The third kappa shape index (κ3) is 3.41. The molecule has 0 aromatic carbocycles. The first-order valence-corrected chi connectivity index (χ1v) is 6.27. The van der Waals surface area contributed by atoms with E-state index in [1.807, 2.05) is 13.8 Å². The minimum Gasteiger partial charge on any atom is -0.384 e. The Balaban J connectivity index is 2.05. The zero-order valence-corrected chi connectivity index (χ0v) is 11.8. The molecule has 2 rings (SSSR count). The molecule has 0 radical (unpaired) electrons. The van der Waals surface area contributed by atoms with Gasteiger partial charge in [0.15, 0.2) is 5.82 Å². The minimum atomic E-state index is -0.174. The summed E-state index contributed by atoms with van der Waals surface area (Å²) >= 11 is 0. The number of ether oxygens (including phenoxy) is 1. The summed E-state index contributed by atoms with van der Waals surface area (Å²) in [6.07, 6.45) is 2.28. The van der Waals surface area contributed by atoms with Crippen LogP contribution in [0.3, 0.4) is 0 Å². The van der Waals surface area contributed by atoms with Gasteiger partial charge in [0.25, 0.3) is 0 Å². The Hall–Kier alpha value is -2.22. The van der Waals surface area contributed by atoms with Crippen molar-refractivity contribution in [1.82, 2.24) is 20.1 Å². The molecule has 8 nitrogen and oxygen atoms in total. The molecule has 0 aliphatic rings. The fourth-order valence-corrected chi connectivity index (χ4v) is 1.61. The Labute approximate surface area is 116 Å². The fraction of sp³-hybridized carbons (Fsp3) is 0.500. The Bertz CT molecular complexity index is 571. The first-order chi connectivity index (χ1) is 9.60. The quantitative estimate of drug-likeness (QED) is 0.808. The molecule has 1 atom stereocenters. The number of nitrogen functional groups attached to an aromatic ring is 1. The van der Waals surface area contributed by atoms with E-state index < -0.39 is 0 Å². The van der Waals surface area contributed by atoms with Gasteiger partial charge < -0.3 is 20.3 Å². The van der Waals surface area contributed by atoms with Crippen LogP contribution in [0.1, 0.15) is 30.2 Å². The summed E-state index contributed by atoms with van der Waals surface area (Å²) in [5, 5.41) is 7.07. The molecule has 0 saturated heterocycles. The molecule has 3 N–H and O–H groups in total. The summed E-state index contributed by atoms with van der Waals surface area (Å²) < 4.78 is 10.2. The maximum atomic E-state index is 5.57. The molecule has 2 aromatic rings. The van der Waals surface area contributed by atoms with Gasteiger partial charge >= 0.3 is 0 Å². The second-order valence-corrected chi connectivity index (χ2v) is 4.42. The molecular weight excluding hydrogens is 260 g/mol. The van der Waals surface area contributed by atoms with Crippen LogP contribution in [-0.2, 0) is 11.2 Å². The smallest absolute Gasteiger partial charge is 0.248 e. The average molecular weight is 278 g/mol. The van der Waals surface area contributed by atoms with Crippen LogP contribution in [-0.4, -0.2) is 33.8 Å². The van der Waals surface area contributed by atoms with Crippen molar-refractivity contribution in [3.05, 3.63) is 23.5 Å². The maximum Gasteiger partial charge on any atom is 0.248 e. The Morgan fingerprint density at radius 1 is 1.45 bits per heavy atom. The average Bonchev–Trinajstić information content (AvgIpc) is 2.89. The lowest BCUT2D eigenvalue weighted by Gasteiger charge is -2.12. The van der Waals surface area contributed by atoms with Gasteiger partial charge in [-0.2, -0.15) is 9.97 Å². The Morgan fingerprint density at radius 2 is 2.25 bits per heavy atom. The van der Waals surface area contributed by atoms with Gasteiger partial charge in [0.1, 0.15) is 11.9 Å². The highest BCUT2D eigenvalue weighted by Gasteiger charge is 2.15. The number of anilines is 2. The molecule has 0 aliphatic heterocycles. The molecule has 2 heterocycles. The van der Waals surface area contributed by atoms with E-state index in [-0.39, 0.29) is 12.0 Å². The van der Waals surface area contributed by atoms with Gasteiger partial charge in [0.05, 0.1) is 6.61 Å². The number of hydrogen-bond donors (Lipinski definition) is 2. The van der Waals surface area contributed by atoms with Crippen molar-refractivity contribution in [2.45, 2.75) is 26.3 Å². The maximum absolute atomic E-state index is 5.57. The van der Waals surface area contributed by atoms with Gasteiger partial charge in [-0.1, -0.05) is 5.16 Å². The van der Waals surface area contributed by atoms with E-state index in [1.165, 1.54) is 0 Å². The standard InChI is InChI=1S/C12H18N6O2/c1-7-6-14-12(13)17-10(7)15-8(2)11-16-9(18-20-11)4-5-19-3/h6,8H,4-5H2,1-3H3,(H3,13,14,15,17). The van der Waals surface area contributed by atoms with E-state index >= 15 is 0 Å². The van der Waals surface area contributed by atoms with Crippen LogP contribution < -0.4 is 11.1 Å². The molecule has 2 aromatic heterocycles. The monoisotopic (exact) mass is 278 g/mol. The lowest BCUT2D eigenvalue weighted by molar-refractivity contribution is 0.199. The van der Waals surface area contributed by atoms with Crippen LogP contribution in [0.15, 0.2) is 10.7 Å². The molecule has 8 heteroatoms. The number of aryl methyl sites for hydroxylation is 1. The highest BCUT2D eigenvalue weighted by atomic mass is 16.5. The predicted molar refractivity (Wildman–Crippen MR) is 73.1 cm³/mol. The molecule has 108 valence electrons. The highest BCUT2D eigenvalue weighted by molar-refractivity contribution is 5.46. The summed E-state index contributed by atoms with van der Waals surface area (Å²) in [7, 11) is 1.63. The summed E-state index contributed by atoms with van der Waals surface area (Å²) in [4.78, 5) is 12.4. The van der Waals surface area contributed by atoms with Crippen molar-refractivity contribution in [2.75, 3.05) is 24.8 Å². The van der Waals surface area contributed by atoms with E-state index in [9.17, 15) is 0 Å². The van der Waals surface area contributed by atoms with Gasteiger partial charge in [-0.25, -0.2) is 4.98 Å². The van der Waals surface area contributed by atoms with E-state index in [0.717, 1.165) is 5.56 Å². The summed E-state index contributed by atoms with van der Waals surface area (Å²) in [5.74, 6) is 1.99. The molecule has 0 saturated carbocycles. The predicted octanol–water partition coefficient (Wildman–Crippen LogP) is 1.11. The zero-order chi connectivity index (χ0) is 14.5. The zero-order valence-electron chi connectivity index (χ0n) is 11.8. The highest BCUT2D eigenvalue weighted by Crippen LogP contribution is 2.19. The third-order valence-corrected chi connectivity index (χ3v) is 2.73. The van der Waals surface area contributed by atoms with E-state index in [2.05, 4.69) is 25.4 Å². The number of rotatable bonds is 6. The van der Waals surface area contributed by atoms with Crippen LogP contribution >= 0.6 is 0 Å². The number of hydrogen-bond acceptors (Lipinski definition) is 8. The van der Waals surface area contributed by atoms with Crippen LogP contribution in [0.25, 0.3) is 0 Å². The van der Waals surface area contributed by atoms with Crippen molar-refractivity contribution in [3.63, 3.8) is 0 Å². The molecule has 0 aliphatic carbocycles. The number of methoxy groups -OCH3 is 1. The molecule has 0 fully saturated rings. The van der Waals surface area contributed by atoms with Crippen LogP contribution in [0.4, 0.5) is 11.8 Å². The summed E-state index contributed by atoms with van der Waals surface area (Å²) in [6, 6.07) is -0.174. The summed E-state index contributed by atoms with van der Waals surface area (Å²) in [5.41, 5.74) is 6.47. The second kappa shape index (κ2) is 6.29. The van der Waals surface area contributed by atoms with Crippen molar-refractivity contribution in [3.8, 4) is 0 Å².